The first-order valence-electron chi connectivity index (χ1n) is 2.33. The summed E-state index contributed by atoms with van der Waals surface area (Å²) < 4.78 is 4.78. The number of hydrogen-bond acceptors (Lipinski definition) is 4. The fraction of sp³-hybridized carbons (Fsp3) is 0.200. The van der Waals surface area contributed by atoms with Crippen molar-refractivity contribution in [1.29, 1.82) is 0 Å². The molecule has 0 aliphatic carbocycles. The van der Waals surface area contributed by atoms with E-state index in [0.29, 0.717) is 5.89 Å². The summed E-state index contributed by atoms with van der Waals surface area (Å²) in [6.45, 7) is 1.67. The van der Waals surface area contributed by atoms with E-state index in [1.54, 1.807) is 6.92 Å². The number of oxazole rings is 1. The van der Waals surface area contributed by atoms with Crippen molar-refractivity contribution in [3.8, 4) is 0 Å². The van der Waals surface area contributed by atoms with Gasteiger partial charge in [-0.2, -0.15) is 0 Å². The molecule has 1 aromatic heterocycles. The quantitative estimate of drug-likeness (QED) is 0.413. The molecule has 0 atom stereocenters. The van der Waals surface area contributed by atoms with E-state index in [4.69, 9.17) is 4.42 Å². The molecule has 9 heavy (non-hydrogen) atoms. The van der Waals surface area contributed by atoms with Gasteiger partial charge in [0.2, 0.25) is 12.0 Å². The summed E-state index contributed by atoms with van der Waals surface area (Å²) in [5.74, 6) is 0.687. The van der Waals surface area contributed by atoms with E-state index in [0.717, 1.165) is 0 Å². The first kappa shape index (κ1) is 5.72. The lowest BCUT2D eigenvalue weighted by Crippen LogP contribution is -1.59. The maximum Gasteiger partial charge on any atom is 0.250 e. The van der Waals surface area contributed by atoms with Crippen LogP contribution < -0.4 is 0 Å². The minimum Gasteiger partial charge on any atom is -0.423 e. The molecule has 0 aliphatic heterocycles. The van der Waals surface area contributed by atoms with Crippen LogP contribution in [0.25, 0.3) is 0 Å². The fourth-order valence-electron chi connectivity index (χ4n) is 0.447. The lowest BCUT2D eigenvalue weighted by molar-refractivity contribution is 0.526. The van der Waals surface area contributed by atoms with E-state index in [9.17, 15) is 4.79 Å². The van der Waals surface area contributed by atoms with Gasteiger partial charge < -0.3 is 4.42 Å². The molecule has 0 saturated carbocycles. The first-order valence-corrected chi connectivity index (χ1v) is 2.33. The van der Waals surface area contributed by atoms with E-state index >= 15 is 0 Å². The standard InChI is InChI=1S/C5H4N2O2/c1-4-6-2-5(9-4)7-3-8/h2H,1H3. The summed E-state index contributed by atoms with van der Waals surface area (Å²) in [4.78, 5) is 16.5. The molecule has 0 N–H and O–H groups in total. The number of hydrogen-bond donors (Lipinski definition) is 0. The van der Waals surface area contributed by atoms with Crippen LogP contribution in [-0.4, -0.2) is 11.1 Å². The summed E-state index contributed by atoms with van der Waals surface area (Å²) >= 11 is 0. The molecule has 0 radical (unpaired) electrons. The minimum atomic E-state index is 0.197. The Kier molecular flexibility index (Phi) is 1.42. The van der Waals surface area contributed by atoms with E-state index in [1.807, 2.05) is 0 Å². The monoisotopic (exact) mass is 124 g/mol. The van der Waals surface area contributed by atoms with Crippen molar-refractivity contribution in [3.05, 3.63) is 12.1 Å². The molecule has 0 aliphatic rings. The molecule has 0 amide bonds. The summed E-state index contributed by atoms with van der Waals surface area (Å²) in [5, 5.41) is 0. The molecular weight excluding hydrogens is 120 g/mol. The zero-order chi connectivity index (χ0) is 6.69. The maximum atomic E-state index is 9.60. The van der Waals surface area contributed by atoms with Gasteiger partial charge in [-0.25, -0.2) is 9.78 Å². The van der Waals surface area contributed by atoms with Gasteiger partial charge in [-0.3, -0.25) is 0 Å². The normalized spacial score (nSPS) is 8.56. The Labute approximate surface area is 51.2 Å². The lowest BCUT2D eigenvalue weighted by Gasteiger charge is -1.73. The van der Waals surface area contributed by atoms with Crippen LogP contribution in [0.1, 0.15) is 5.89 Å². The van der Waals surface area contributed by atoms with Crippen LogP contribution in [0.3, 0.4) is 0 Å². The van der Waals surface area contributed by atoms with Crippen LogP contribution in [-0.2, 0) is 4.79 Å². The molecule has 0 unspecified atom stereocenters. The maximum absolute atomic E-state index is 9.60. The Hall–Kier alpha value is -1.41. The zero-order valence-corrected chi connectivity index (χ0v) is 4.79. The number of rotatable bonds is 1. The van der Waals surface area contributed by atoms with E-state index in [2.05, 4.69) is 9.98 Å². The Bertz CT molecular complexity index is 247. The van der Waals surface area contributed by atoms with Gasteiger partial charge in [0.05, 0.1) is 6.20 Å². The van der Waals surface area contributed by atoms with Crippen molar-refractivity contribution in [3.63, 3.8) is 0 Å². The summed E-state index contributed by atoms with van der Waals surface area (Å²) in [6.07, 6.45) is 2.70. The van der Waals surface area contributed by atoms with Gasteiger partial charge in [0.25, 0.3) is 0 Å². The van der Waals surface area contributed by atoms with Gasteiger partial charge in [0, 0.05) is 6.92 Å². The summed E-state index contributed by atoms with van der Waals surface area (Å²) in [6, 6.07) is 0. The first-order chi connectivity index (χ1) is 4.33. The van der Waals surface area contributed by atoms with Crippen molar-refractivity contribution in [2.45, 2.75) is 6.92 Å². The largest absolute Gasteiger partial charge is 0.423 e. The third kappa shape index (κ3) is 1.24. The molecule has 1 rings (SSSR count). The third-order valence-corrected chi connectivity index (χ3v) is 0.765. The Morgan fingerprint density at radius 1 is 1.89 bits per heavy atom. The van der Waals surface area contributed by atoms with Crippen LogP contribution in [0.15, 0.2) is 15.6 Å². The van der Waals surface area contributed by atoms with Crippen LogP contribution in [0.4, 0.5) is 5.88 Å². The molecule has 0 spiro atoms. The molecule has 4 heteroatoms. The van der Waals surface area contributed by atoms with Crippen LogP contribution >= 0.6 is 0 Å². The average Bonchev–Trinajstić information content (AvgIpc) is 2.17. The highest BCUT2D eigenvalue weighted by Crippen LogP contribution is 2.10. The molecule has 1 heterocycles. The van der Waals surface area contributed by atoms with Crippen molar-refractivity contribution in [2.24, 2.45) is 4.99 Å². The van der Waals surface area contributed by atoms with Crippen molar-refractivity contribution in [1.82, 2.24) is 4.98 Å². The van der Waals surface area contributed by atoms with E-state index in [-0.39, 0.29) is 5.88 Å². The topological polar surface area (TPSA) is 55.5 Å². The molecule has 0 bridgehead atoms. The molecule has 4 nitrogen and oxygen atoms in total. The predicted octanol–water partition coefficient (Wildman–Crippen LogP) is 0.950. The van der Waals surface area contributed by atoms with Crippen molar-refractivity contribution < 1.29 is 9.21 Å². The highest BCUT2D eigenvalue weighted by atomic mass is 16.4. The van der Waals surface area contributed by atoms with Gasteiger partial charge in [-0.05, 0) is 0 Å². The lowest BCUT2D eigenvalue weighted by atomic mass is 10.8. The van der Waals surface area contributed by atoms with Crippen LogP contribution in [0.2, 0.25) is 0 Å². The number of aromatic nitrogens is 1. The molecule has 0 aromatic carbocycles. The Morgan fingerprint density at radius 3 is 3.11 bits per heavy atom. The second-order valence-electron chi connectivity index (χ2n) is 1.42. The summed E-state index contributed by atoms with van der Waals surface area (Å²) in [7, 11) is 0. The minimum absolute atomic E-state index is 0.197. The number of isocyanates is 1. The predicted molar refractivity (Wildman–Crippen MR) is 29.0 cm³/mol. The third-order valence-electron chi connectivity index (χ3n) is 0.765. The SMILES string of the molecule is Cc1ncc(N=C=O)o1. The molecule has 1 aromatic rings. The van der Waals surface area contributed by atoms with Gasteiger partial charge in [0.1, 0.15) is 0 Å². The zero-order valence-electron chi connectivity index (χ0n) is 4.79. The Morgan fingerprint density at radius 2 is 2.67 bits per heavy atom. The number of carbonyl (C=O) groups excluding carboxylic acids is 1. The van der Waals surface area contributed by atoms with Gasteiger partial charge in [-0.15, -0.1) is 4.99 Å². The molecule has 0 saturated heterocycles. The van der Waals surface area contributed by atoms with Gasteiger partial charge in [-0.1, -0.05) is 0 Å². The Balaban J connectivity index is 2.97. The second-order valence-corrected chi connectivity index (χ2v) is 1.42. The number of nitrogens with zero attached hydrogens (tertiary/aromatic N) is 2. The highest BCUT2D eigenvalue weighted by Gasteiger charge is 1.93. The van der Waals surface area contributed by atoms with Crippen molar-refractivity contribution in [2.75, 3.05) is 0 Å². The van der Waals surface area contributed by atoms with Gasteiger partial charge >= 0.3 is 0 Å². The van der Waals surface area contributed by atoms with Crippen molar-refractivity contribution >= 4 is 12.0 Å². The smallest absolute Gasteiger partial charge is 0.250 e. The number of aliphatic imine (C=N–C) groups is 1. The highest BCUT2D eigenvalue weighted by molar-refractivity contribution is 5.41. The fourth-order valence-corrected chi connectivity index (χ4v) is 0.447. The molecular formula is C5H4N2O2. The molecule has 46 valence electrons. The van der Waals surface area contributed by atoms with Gasteiger partial charge in [0.15, 0.2) is 5.89 Å². The molecule has 0 fully saturated rings. The second kappa shape index (κ2) is 2.24. The average molecular weight is 124 g/mol. The van der Waals surface area contributed by atoms with E-state index < -0.39 is 0 Å². The van der Waals surface area contributed by atoms with E-state index in [1.165, 1.54) is 12.3 Å². The van der Waals surface area contributed by atoms with Crippen LogP contribution in [0, 0.1) is 6.92 Å². The number of aryl methyl sites for hydroxylation is 1. The van der Waals surface area contributed by atoms with Crippen LogP contribution in [0.5, 0.6) is 0 Å². The summed E-state index contributed by atoms with van der Waals surface area (Å²) in [5.41, 5.74) is 0.